The van der Waals surface area contributed by atoms with E-state index < -0.39 is 5.09 Å². The van der Waals surface area contributed by atoms with Crippen LogP contribution in [0.25, 0.3) is 0 Å². The molecule has 0 aromatic heterocycles. The summed E-state index contributed by atoms with van der Waals surface area (Å²) in [5.74, 6) is 0. The molecule has 0 aliphatic rings. The minimum Gasteiger partial charge on any atom is -0.356 e. The fourth-order valence-corrected chi connectivity index (χ4v) is 0. The second-order valence-electron chi connectivity index (χ2n) is 0.224. The Balaban J connectivity index is 0. The predicted octanol–water partition coefficient (Wildman–Crippen LogP) is -0.242. The van der Waals surface area contributed by atoms with Crippen LogP contribution in [-0.2, 0) is 21.7 Å². The van der Waals surface area contributed by atoms with Crippen LogP contribution < -0.4 is 0 Å². The Morgan fingerprint density at radius 2 is 1.40 bits per heavy atom. The summed E-state index contributed by atoms with van der Waals surface area (Å²) in [7, 11) is 0. The van der Waals surface area contributed by atoms with Gasteiger partial charge in [-0.05, 0) is 0 Å². The maximum Gasteiger partial charge on any atom is 1.00 e. The fourth-order valence-electron chi connectivity index (χ4n) is 0. The van der Waals surface area contributed by atoms with E-state index in [4.69, 9.17) is 15.3 Å². The summed E-state index contributed by atoms with van der Waals surface area (Å²) < 4.78 is 0. The molecule has 0 atom stereocenters. The van der Waals surface area contributed by atoms with Gasteiger partial charge in [0.25, 0.3) is 0 Å². The molecule has 0 rings (SSSR count). The van der Waals surface area contributed by atoms with E-state index in [-0.39, 0.29) is 21.7 Å². The second-order valence-corrected chi connectivity index (χ2v) is 0.224. The normalized spacial score (nSPS) is 4.80. The maximum atomic E-state index is 8.25. The molecule has 0 aromatic carbocycles. The summed E-state index contributed by atoms with van der Waals surface area (Å²) in [5, 5.41) is 14.8. The van der Waals surface area contributed by atoms with E-state index in [1.807, 2.05) is 0 Å². The molecule has 0 aliphatic carbocycles. The molecule has 0 amide bonds. The first kappa shape index (κ1) is 8.87. The molecule has 0 heterocycles. The summed E-state index contributed by atoms with van der Waals surface area (Å²) in [4.78, 5) is 8.25. The summed E-state index contributed by atoms with van der Waals surface area (Å²) in [5.41, 5.74) is 0. The molecule has 0 saturated carbocycles. The van der Waals surface area contributed by atoms with Gasteiger partial charge < -0.3 is 15.3 Å². The molecule has 0 saturated heterocycles. The van der Waals surface area contributed by atoms with E-state index in [0.717, 1.165) is 0 Å². The third-order valence-electron chi connectivity index (χ3n) is 0. The average molecular weight is 110 g/mol. The van der Waals surface area contributed by atoms with Crippen LogP contribution in [0.1, 0.15) is 0 Å². The van der Waals surface area contributed by atoms with Gasteiger partial charge in [0.05, 0.1) is 5.09 Å². The Morgan fingerprint density at radius 3 is 1.40 bits per heavy atom. The Hall–Kier alpha value is -0.0857. The van der Waals surface area contributed by atoms with Crippen molar-refractivity contribution in [3.8, 4) is 0 Å². The zero-order valence-electron chi connectivity index (χ0n) is 2.17. The first-order chi connectivity index (χ1) is 1.73. The van der Waals surface area contributed by atoms with Crippen molar-refractivity contribution in [2.45, 2.75) is 0 Å². The van der Waals surface area contributed by atoms with Gasteiger partial charge in [0.2, 0.25) is 0 Å². The van der Waals surface area contributed by atoms with Crippen molar-refractivity contribution in [3.63, 3.8) is 0 Å². The molecule has 5 heavy (non-hydrogen) atoms. The molecule has 0 spiro atoms. The van der Waals surface area contributed by atoms with Gasteiger partial charge in [-0.1, -0.05) is 0 Å². The molecule has 0 fully saturated rings. The van der Waals surface area contributed by atoms with Crippen LogP contribution in [0, 0.1) is 15.3 Å². The van der Waals surface area contributed by atoms with Crippen LogP contribution in [-0.4, -0.2) is 5.09 Å². The number of rotatable bonds is 0. The van der Waals surface area contributed by atoms with Gasteiger partial charge in [0, 0.05) is 0 Å². The van der Waals surface area contributed by atoms with Crippen molar-refractivity contribution in [3.05, 3.63) is 15.3 Å². The quantitative estimate of drug-likeness (QED) is 0.245. The van der Waals surface area contributed by atoms with Gasteiger partial charge >= 0.3 is 21.7 Å². The topological polar surface area (TPSA) is 66.2 Å². The average Bonchev–Trinajstić information content (AvgIpc) is 0.811. The molecule has 0 N–H and O–H groups in total. The fraction of sp³-hybridized carbons (Fsp3) is 0. The molecule has 0 aromatic rings. The third-order valence-corrected chi connectivity index (χ3v) is 0. The van der Waals surface area contributed by atoms with Crippen LogP contribution in [0.15, 0.2) is 0 Å². The van der Waals surface area contributed by atoms with Crippen molar-refractivity contribution >= 4 is 0 Å². The summed E-state index contributed by atoms with van der Waals surface area (Å²) in [6.45, 7) is 0. The zero-order valence-corrected chi connectivity index (χ0v) is 3.73. The first-order valence-corrected chi connectivity index (χ1v) is 0.548. The molecule has 5 heteroatoms. The minimum atomic E-state index is -1.75. The van der Waals surface area contributed by atoms with Gasteiger partial charge in [-0.2, -0.15) is 0 Å². The Bertz CT molecular complexity index is 29.9. The van der Waals surface area contributed by atoms with Gasteiger partial charge in [-0.15, -0.1) is 0 Å². The third kappa shape index (κ3) is 1950. The Labute approximate surface area is 42.8 Å². The van der Waals surface area contributed by atoms with E-state index in [9.17, 15) is 0 Å². The van der Waals surface area contributed by atoms with E-state index in [2.05, 4.69) is 0 Å². The van der Waals surface area contributed by atoms with Crippen molar-refractivity contribution in [1.82, 2.24) is 0 Å². The summed E-state index contributed by atoms with van der Waals surface area (Å²) in [6.07, 6.45) is 0. The van der Waals surface area contributed by atoms with E-state index in [1.165, 1.54) is 0 Å². The molecule has 0 aliphatic heterocycles. The standard InChI is InChI=1S/NO3.Ti/c2-1(3)4;/q-1;+1. The van der Waals surface area contributed by atoms with E-state index >= 15 is 0 Å². The van der Waals surface area contributed by atoms with Crippen LogP contribution >= 0.6 is 0 Å². The molecular formula is NO3Ti. The first-order valence-electron chi connectivity index (χ1n) is 0.548. The number of hydrogen-bond acceptors (Lipinski definition) is 3. The molecule has 0 unspecified atom stereocenters. The Morgan fingerprint density at radius 1 is 1.40 bits per heavy atom. The summed E-state index contributed by atoms with van der Waals surface area (Å²) >= 11 is 0. The second kappa shape index (κ2) is 3.91. The Kier molecular flexibility index (Phi) is 6.94. The number of hydrogen-bond donors (Lipinski definition) is 0. The van der Waals surface area contributed by atoms with Crippen molar-refractivity contribution < 1.29 is 26.8 Å². The zero-order chi connectivity index (χ0) is 3.58. The van der Waals surface area contributed by atoms with Gasteiger partial charge in [0.15, 0.2) is 0 Å². The molecular weight excluding hydrogens is 110 g/mol. The van der Waals surface area contributed by atoms with E-state index in [0.29, 0.717) is 0 Å². The molecule has 1 radical (unpaired) electrons. The maximum absolute atomic E-state index is 8.25. The van der Waals surface area contributed by atoms with E-state index in [1.54, 1.807) is 0 Å². The minimum absolute atomic E-state index is 0. The SMILES string of the molecule is O=[N+]([O-])[O-].[Ti+]. The molecule has 4 nitrogen and oxygen atoms in total. The van der Waals surface area contributed by atoms with Crippen molar-refractivity contribution in [1.29, 1.82) is 0 Å². The van der Waals surface area contributed by atoms with Crippen LogP contribution in [0.2, 0.25) is 0 Å². The summed E-state index contributed by atoms with van der Waals surface area (Å²) in [6, 6.07) is 0. The van der Waals surface area contributed by atoms with Gasteiger partial charge in [-0.3, -0.25) is 0 Å². The van der Waals surface area contributed by atoms with Gasteiger partial charge in [-0.25, -0.2) is 0 Å². The monoisotopic (exact) mass is 110 g/mol. The van der Waals surface area contributed by atoms with Crippen LogP contribution in [0.3, 0.4) is 0 Å². The van der Waals surface area contributed by atoms with Crippen LogP contribution in [0.4, 0.5) is 0 Å². The molecule has 0 bridgehead atoms. The van der Waals surface area contributed by atoms with Crippen LogP contribution in [0.5, 0.6) is 0 Å². The molecule has 27 valence electrons. The van der Waals surface area contributed by atoms with Gasteiger partial charge in [0.1, 0.15) is 0 Å². The smallest absolute Gasteiger partial charge is 0.356 e. The van der Waals surface area contributed by atoms with Crippen molar-refractivity contribution in [2.24, 2.45) is 0 Å². The number of nitrogens with zero attached hydrogens (tertiary/aromatic N) is 1. The van der Waals surface area contributed by atoms with Crippen molar-refractivity contribution in [2.75, 3.05) is 0 Å². The predicted molar refractivity (Wildman–Crippen MR) is 10.4 cm³/mol. The largest absolute Gasteiger partial charge is 1.00 e.